The summed E-state index contributed by atoms with van der Waals surface area (Å²) in [7, 11) is 0. The van der Waals surface area contributed by atoms with E-state index < -0.39 is 17.6 Å². The summed E-state index contributed by atoms with van der Waals surface area (Å²) in [6.07, 6.45) is -4.60. The maximum absolute atomic E-state index is 13.3. The number of carbonyl (C=O) groups excluding carboxylic acids is 2. The summed E-state index contributed by atoms with van der Waals surface area (Å²) in [5, 5.41) is 4.97. The number of nitrogens with one attached hydrogen (secondary N) is 2. The largest absolute Gasteiger partial charge is 0.455 e. The van der Waals surface area contributed by atoms with E-state index in [2.05, 4.69) is 26.6 Å². The molecule has 3 aromatic rings. The summed E-state index contributed by atoms with van der Waals surface area (Å²) in [4.78, 5) is 25.6. The Morgan fingerprint density at radius 1 is 1.09 bits per heavy atom. The van der Waals surface area contributed by atoms with E-state index in [1.165, 1.54) is 17.8 Å². The van der Waals surface area contributed by atoms with Crippen LogP contribution in [0.4, 0.5) is 24.5 Å². The smallest absolute Gasteiger partial charge is 0.416 e. The van der Waals surface area contributed by atoms with Crippen molar-refractivity contribution in [3.8, 4) is 11.5 Å². The first-order valence-corrected chi connectivity index (χ1v) is 11.3. The second-order valence-corrected chi connectivity index (χ2v) is 9.48. The van der Waals surface area contributed by atoms with Crippen molar-refractivity contribution in [2.24, 2.45) is 0 Å². The van der Waals surface area contributed by atoms with Gasteiger partial charge in [-0.25, -0.2) is 0 Å². The molecule has 1 aliphatic rings. The minimum atomic E-state index is -4.60. The number of hydrogen-bond acceptors (Lipinski definition) is 4. The third-order valence-corrected chi connectivity index (χ3v) is 6.48. The zero-order chi connectivity index (χ0) is 23.8. The maximum atomic E-state index is 13.3. The lowest BCUT2D eigenvalue weighted by Gasteiger charge is -2.22. The van der Waals surface area contributed by atoms with Crippen molar-refractivity contribution in [2.45, 2.75) is 23.2 Å². The Balaban J connectivity index is 1.64. The second kappa shape index (κ2) is 9.11. The normalized spacial score (nSPS) is 15.4. The zero-order valence-electron chi connectivity index (χ0n) is 17.0. The Hall–Kier alpha value is -2.98. The van der Waals surface area contributed by atoms with Crippen LogP contribution < -0.4 is 15.4 Å². The highest BCUT2D eigenvalue weighted by Crippen LogP contribution is 2.38. The zero-order valence-corrected chi connectivity index (χ0v) is 19.4. The predicted octanol–water partition coefficient (Wildman–Crippen LogP) is 6.95. The molecular weight excluding hydrogens is 521 g/mol. The van der Waals surface area contributed by atoms with Crippen molar-refractivity contribution in [3.05, 3.63) is 76.3 Å². The molecule has 2 amide bonds. The number of benzene rings is 3. The van der Waals surface area contributed by atoms with Gasteiger partial charge in [0.15, 0.2) is 5.75 Å². The molecule has 0 saturated heterocycles. The van der Waals surface area contributed by atoms with E-state index in [-0.39, 0.29) is 28.2 Å². The van der Waals surface area contributed by atoms with Gasteiger partial charge in [-0.3, -0.25) is 9.59 Å². The van der Waals surface area contributed by atoms with Crippen LogP contribution >= 0.6 is 27.7 Å². The molecule has 5 nitrogen and oxygen atoms in total. The van der Waals surface area contributed by atoms with Gasteiger partial charge in [0.2, 0.25) is 5.91 Å². The lowest BCUT2D eigenvalue weighted by atomic mass is 10.1. The number of hydrogen-bond donors (Lipinski definition) is 2. The van der Waals surface area contributed by atoms with Gasteiger partial charge in [0.1, 0.15) is 5.75 Å². The van der Waals surface area contributed by atoms with Gasteiger partial charge in [-0.1, -0.05) is 15.9 Å². The Morgan fingerprint density at radius 2 is 1.82 bits per heavy atom. The number of halogens is 4. The third kappa shape index (κ3) is 5.33. The number of ether oxygens (including phenoxy) is 1. The molecule has 33 heavy (non-hydrogen) atoms. The molecule has 4 rings (SSSR count). The average molecular weight is 537 g/mol. The Labute approximate surface area is 199 Å². The van der Waals surface area contributed by atoms with Gasteiger partial charge in [-0.15, -0.1) is 11.8 Å². The summed E-state index contributed by atoms with van der Waals surface area (Å²) in [5.41, 5.74) is -0.408. The van der Waals surface area contributed by atoms with E-state index in [1.54, 1.807) is 43.3 Å². The fraction of sp³-hybridized carbons (Fsp3) is 0.130. The fourth-order valence-corrected chi connectivity index (χ4v) is 4.26. The highest BCUT2D eigenvalue weighted by Gasteiger charge is 2.31. The van der Waals surface area contributed by atoms with E-state index in [4.69, 9.17) is 4.74 Å². The van der Waals surface area contributed by atoms with Gasteiger partial charge in [-0.05, 0) is 67.6 Å². The SMILES string of the molecule is CC1Sc2ccc(C(=O)Nc3cc(C(F)(F)F)ccc3Oc3ccc(Br)cc3)cc2NC1=O. The lowest BCUT2D eigenvalue weighted by Crippen LogP contribution is -2.26. The van der Waals surface area contributed by atoms with Crippen LogP contribution in [0, 0.1) is 0 Å². The number of rotatable bonds is 4. The van der Waals surface area contributed by atoms with Gasteiger partial charge < -0.3 is 15.4 Å². The van der Waals surface area contributed by atoms with Gasteiger partial charge in [0.25, 0.3) is 5.91 Å². The molecule has 1 aliphatic heterocycles. The number of thioether (sulfide) groups is 1. The van der Waals surface area contributed by atoms with Crippen LogP contribution in [-0.2, 0) is 11.0 Å². The molecule has 0 saturated carbocycles. The summed E-state index contributed by atoms with van der Waals surface area (Å²) >= 11 is 4.66. The van der Waals surface area contributed by atoms with Crippen LogP contribution in [0.15, 0.2) is 70.0 Å². The van der Waals surface area contributed by atoms with Crippen LogP contribution in [0.3, 0.4) is 0 Å². The van der Waals surface area contributed by atoms with Gasteiger partial charge in [0.05, 0.1) is 22.2 Å². The quantitative estimate of drug-likeness (QED) is 0.378. The highest BCUT2D eigenvalue weighted by molar-refractivity contribution is 9.10. The molecule has 0 fully saturated rings. The fourth-order valence-electron chi connectivity index (χ4n) is 3.07. The van der Waals surface area contributed by atoms with E-state index in [0.29, 0.717) is 11.4 Å². The van der Waals surface area contributed by atoms with Crippen molar-refractivity contribution in [1.82, 2.24) is 0 Å². The third-order valence-electron chi connectivity index (χ3n) is 4.77. The molecule has 10 heteroatoms. The molecule has 0 radical (unpaired) electrons. The number of amides is 2. The van der Waals surface area contributed by atoms with Gasteiger partial charge in [-0.2, -0.15) is 13.2 Å². The second-order valence-electron chi connectivity index (χ2n) is 7.18. The Morgan fingerprint density at radius 3 is 2.52 bits per heavy atom. The first-order chi connectivity index (χ1) is 15.6. The minimum Gasteiger partial charge on any atom is -0.455 e. The van der Waals surface area contributed by atoms with Crippen LogP contribution in [0.2, 0.25) is 0 Å². The molecular formula is C23H16BrF3N2O3S. The van der Waals surface area contributed by atoms with Gasteiger partial charge in [0, 0.05) is 14.9 Å². The average Bonchev–Trinajstić information content (AvgIpc) is 2.76. The Kier molecular flexibility index (Phi) is 6.40. The van der Waals surface area contributed by atoms with Crippen molar-refractivity contribution in [2.75, 3.05) is 10.6 Å². The molecule has 0 bridgehead atoms. The summed E-state index contributed by atoms with van der Waals surface area (Å²) < 4.78 is 46.4. The van der Waals surface area contributed by atoms with E-state index in [0.717, 1.165) is 27.6 Å². The predicted molar refractivity (Wildman–Crippen MR) is 124 cm³/mol. The lowest BCUT2D eigenvalue weighted by molar-refractivity contribution is -0.137. The van der Waals surface area contributed by atoms with Crippen LogP contribution in [0.25, 0.3) is 0 Å². The number of fused-ring (bicyclic) bond motifs is 1. The molecule has 3 aromatic carbocycles. The summed E-state index contributed by atoms with van der Waals surface area (Å²) in [6.45, 7) is 1.77. The topological polar surface area (TPSA) is 67.4 Å². The number of anilines is 2. The molecule has 170 valence electrons. The van der Waals surface area contributed by atoms with Crippen molar-refractivity contribution in [3.63, 3.8) is 0 Å². The Bertz CT molecular complexity index is 1230. The molecule has 1 atom stereocenters. The summed E-state index contributed by atoms with van der Waals surface area (Å²) in [5.74, 6) is -0.394. The molecule has 1 unspecified atom stereocenters. The molecule has 0 aromatic heterocycles. The minimum absolute atomic E-state index is 0.0503. The van der Waals surface area contributed by atoms with Crippen molar-refractivity contribution in [1.29, 1.82) is 0 Å². The number of carbonyl (C=O) groups is 2. The monoisotopic (exact) mass is 536 g/mol. The molecule has 0 aliphatic carbocycles. The van der Waals surface area contributed by atoms with E-state index >= 15 is 0 Å². The van der Waals surface area contributed by atoms with E-state index in [9.17, 15) is 22.8 Å². The van der Waals surface area contributed by atoms with Crippen LogP contribution in [0.1, 0.15) is 22.8 Å². The van der Waals surface area contributed by atoms with Crippen LogP contribution in [-0.4, -0.2) is 17.1 Å². The molecule has 2 N–H and O–H groups in total. The standard InChI is InChI=1S/C23H16BrF3N2O3S/c1-12-21(30)29-18-10-13(2-9-20(18)33-12)22(31)28-17-11-14(23(25,26)27)3-8-19(17)32-16-6-4-15(24)5-7-16/h2-12H,1H3,(H,28,31)(H,29,30). The number of alkyl halides is 3. The molecule has 0 spiro atoms. The van der Waals surface area contributed by atoms with E-state index in [1.807, 2.05) is 0 Å². The van der Waals surface area contributed by atoms with Gasteiger partial charge >= 0.3 is 6.18 Å². The van der Waals surface area contributed by atoms with Crippen LogP contribution in [0.5, 0.6) is 11.5 Å². The van der Waals surface area contributed by atoms with Crippen molar-refractivity contribution >= 4 is 50.9 Å². The first kappa shape index (κ1) is 23.2. The summed E-state index contributed by atoms with van der Waals surface area (Å²) in [6, 6.07) is 14.3. The maximum Gasteiger partial charge on any atom is 0.416 e. The first-order valence-electron chi connectivity index (χ1n) is 9.68. The highest BCUT2D eigenvalue weighted by atomic mass is 79.9. The van der Waals surface area contributed by atoms with Crippen molar-refractivity contribution < 1.29 is 27.5 Å². The molecule has 1 heterocycles.